The molecule has 0 bridgehead atoms. The van der Waals surface area contributed by atoms with Crippen LogP contribution in [0, 0.1) is 0 Å². The Labute approximate surface area is 77.0 Å². The summed E-state index contributed by atoms with van der Waals surface area (Å²) < 4.78 is 0. The van der Waals surface area contributed by atoms with Crippen LogP contribution in [0.1, 0.15) is 12.0 Å². The Morgan fingerprint density at radius 3 is 2.85 bits per heavy atom. The molecule has 13 heavy (non-hydrogen) atoms. The van der Waals surface area contributed by atoms with Gasteiger partial charge in [0.15, 0.2) is 0 Å². The SMILES string of the molecule is [N-]=[N+]=Nc1ccccc1CCCN. The molecule has 4 nitrogen and oxygen atoms in total. The van der Waals surface area contributed by atoms with Crippen LogP contribution in [0.2, 0.25) is 0 Å². The molecular weight excluding hydrogens is 164 g/mol. The number of aryl methyl sites for hydroxylation is 1. The molecule has 1 rings (SSSR count). The highest BCUT2D eigenvalue weighted by Gasteiger charge is 1.97. The normalized spacial score (nSPS) is 9.31. The molecule has 0 aliphatic rings. The standard InChI is InChI=1S/C9H12N4/c10-7-3-5-8-4-1-2-6-9(8)12-13-11/h1-2,4,6H,3,5,7,10H2. The van der Waals surface area contributed by atoms with E-state index in [1.54, 1.807) is 0 Å². The average molecular weight is 176 g/mol. The van der Waals surface area contributed by atoms with Gasteiger partial charge in [-0.3, -0.25) is 0 Å². The van der Waals surface area contributed by atoms with Crippen LogP contribution in [-0.4, -0.2) is 6.54 Å². The topological polar surface area (TPSA) is 74.8 Å². The zero-order valence-electron chi connectivity index (χ0n) is 7.35. The lowest BCUT2D eigenvalue weighted by molar-refractivity contribution is 0.832. The summed E-state index contributed by atoms with van der Waals surface area (Å²) in [7, 11) is 0. The second-order valence-electron chi connectivity index (χ2n) is 2.71. The Kier molecular flexibility index (Phi) is 3.82. The summed E-state index contributed by atoms with van der Waals surface area (Å²) in [6.45, 7) is 0.657. The van der Waals surface area contributed by atoms with Gasteiger partial charge in [-0.1, -0.05) is 29.4 Å². The smallest absolute Gasteiger partial charge is 0.0407 e. The molecule has 0 aliphatic carbocycles. The molecule has 0 atom stereocenters. The molecular formula is C9H12N4. The average Bonchev–Trinajstić information content (AvgIpc) is 2.17. The lowest BCUT2D eigenvalue weighted by Gasteiger charge is -2.02. The van der Waals surface area contributed by atoms with E-state index in [-0.39, 0.29) is 0 Å². The third-order valence-corrected chi connectivity index (χ3v) is 1.79. The number of azide groups is 1. The Morgan fingerprint density at radius 1 is 1.38 bits per heavy atom. The van der Waals surface area contributed by atoms with E-state index in [1.165, 1.54) is 0 Å². The minimum atomic E-state index is 0.657. The minimum Gasteiger partial charge on any atom is -0.330 e. The fraction of sp³-hybridized carbons (Fsp3) is 0.333. The van der Waals surface area contributed by atoms with Gasteiger partial charge in [0.05, 0.1) is 0 Å². The summed E-state index contributed by atoms with van der Waals surface area (Å²) in [6.07, 6.45) is 1.78. The van der Waals surface area contributed by atoms with E-state index in [9.17, 15) is 0 Å². The van der Waals surface area contributed by atoms with Crippen molar-refractivity contribution in [3.05, 3.63) is 40.3 Å². The third-order valence-electron chi connectivity index (χ3n) is 1.79. The molecule has 0 saturated carbocycles. The molecule has 0 spiro atoms. The van der Waals surface area contributed by atoms with E-state index in [2.05, 4.69) is 10.0 Å². The fourth-order valence-electron chi connectivity index (χ4n) is 1.16. The quantitative estimate of drug-likeness (QED) is 0.427. The van der Waals surface area contributed by atoms with E-state index in [4.69, 9.17) is 11.3 Å². The summed E-state index contributed by atoms with van der Waals surface area (Å²) in [6, 6.07) is 7.56. The highest BCUT2D eigenvalue weighted by molar-refractivity contribution is 5.45. The first kappa shape index (κ1) is 9.58. The number of rotatable bonds is 4. The predicted molar refractivity (Wildman–Crippen MR) is 52.6 cm³/mol. The van der Waals surface area contributed by atoms with Crippen molar-refractivity contribution < 1.29 is 0 Å². The Morgan fingerprint density at radius 2 is 2.15 bits per heavy atom. The van der Waals surface area contributed by atoms with Crippen molar-refractivity contribution in [2.75, 3.05) is 6.54 Å². The second-order valence-corrected chi connectivity index (χ2v) is 2.71. The maximum atomic E-state index is 8.30. The number of benzene rings is 1. The number of hydrogen-bond donors (Lipinski definition) is 1. The first-order valence-corrected chi connectivity index (χ1v) is 4.21. The Balaban J connectivity index is 2.84. The Hall–Kier alpha value is -1.51. The van der Waals surface area contributed by atoms with Crippen molar-refractivity contribution >= 4 is 5.69 Å². The van der Waals surface area contributed by atoms with Gasteiger partial charge >= 0.3 is 0 Å². The molecule has 1 aromatic carbocycles. The van der Waals surface area contributed by atoms with Crippen molar-refractivity contribution in [3.63, 3.8) is 0 Å². The lowest BCUT2D eigenvalue weighted by atomic mass is 10.1. The van der Waals surface area contributed by atoms with Crippen LogP contribution in [0.5, 0.6) is 0 Å². The third kappa shape index (κ3) is 2.78. The summed E-state index contributed by atoms with van der Waals surface area (Å²) >= 11 is 0. The predicted octanol–water partition coefficient (Wildman–Crippen LogP) is 2.52. The summed E-state index contributed by atoms with van der Waals surface area (Å²) in [5.74, 6) is 0. The van der Waals surface area contributed by atoms with Gasteiger partial charge in [0.2, 0.25) is 0 Å². The van der Waals surface area contributed by atoms with Gasteiger partial charge in [-0.2, -0.15) is 0 Å². The van der Waals surface area contributed by atoms with Crippen LogP contribution in [0.25, 0.3) is 10.4 Å². The first-order chi connectivity index (χ1) is 6.38. The van der Waals surface area contributed by atoms with Crippen molar-refractivity contribution in [2.45, 2.75) is 12.8 Å². The molecule has 1 aromatic rings. The van der Waals surface area contributed by atoms with Crippen LogP contribution in [0.3, 0.4) is 0 Å². The highest BCUT2D eigenvalue weighted by Crippen LogP contribution is 2.19. The molecule has 0 amide bonds. The molecule has 0 saturated heterocycles. The van der Waals surface area contributed by atoms with E-state index in [0.717, 1.165) is 18.4 Å². The minimum absolute atomic E-state index is 0.657. The molecule has 68 valence electrons. The van der Waals surface area contributed by atoms with Gasteiger partial charge < -0.3 is 5.73 Å². The molecule has 4 heteroatoms. The largest absolute Gasteiger partial charge is 0.330 e. The molecule has 0 fully saturated rings. The van der Waals surface area contributed by atoms with Gasteiger partial charge in [-0.15, -0.1) is 0 Å². The lowest BCUT2D eigenvalue weighted by Crippen LogP contribution is -2.00. The summed E-state index contributed by atoms with van der Waals surface area (Å²) in [4.78, 5) is 2.77. The van der Waals surface area contributed by atoms with Crippen molar-refractivity contribution in [1.29, 1.82) is 0 Å². The zero-order valence-corrected chi connectivity index (χ0v) is 7.35. The summed E-state index contributed by atoms with van der Waals surface area (Å²) in [5.41, 5.74) is 15.5. The molecule has 0 aliphatic heterocycles. The molecule has 0 heterocycles. The monoisotopic (exact) mass is 176 g/mol. The number of nitrogens with zero attached hydrogens (tertiary/aromatic N) is 3. The molecule has 0 aromatic heterocycles. The highest BCUT2D eigenvalue weighted by atomic mass is 15.1. The maximum absolute atomic E-state index is 8.30. The van der Waals surface area contributed by atoms with E-state index in [1.807, 2.05) is 24.3 Å². The van der Waals surface area contributed by atoms with Gasteiger partial charge in [-0.05, 0) is 30.5 Å². The number of hydrogen-bond acceptors (Lipinski definition) is 2. The number of nitrogens with two attached hydrogens (primary N) is 1. The van der Waals surface area contributed by atoms with E-state index >= 15 is 0 Å². The van der Waals surface area contributed by atoms with Crippen LogP contribution in [0.4, 0.5) is 5.69 Å². The Bertz CT molecular complexity index is 315. The maximum Gasteiger partial charge on any atom is 0.0407 e. The van der Waals surface area contributed by atoms with Gasteiger partial charge in [0, 0.05) is 10.6 Å². The van der Waals surface area contributed by atoms with Crippen LogP contribution in [0.15, 0.2) is 29.4 Å². The van der Waals surface area contributed by atoms with E-state index in [0.29, 0.717) is 12.2 Å². The van der Waals surface area contributed by atoms with Gasteiger partial charge in [0.1, 0.15) is 0 Å². The molecule has 2 N–H and O–H groups in total. The zero-order chi connectivity index (χ0) is 9.52. The van der Waals surface area contributed by atoms with Crippen LogP contribution < -0.4 is 5.73 Å². The van der Waals surface area contributed by atoms with E-state index < -0.39 is 0 Å². The van der Waals surface area contributed by atoms with Crippen LogP contribution in [-0.2, 0) is 6.42 Å². The van der Waals surface area contributed by atoms with Crippen molar-refractivity contribution in [2.24, 2.45) is 10.8 Å². The molecule has 0 radical (unpaired) electrons. The van der Waals surface area contributed by atoms with Gasteiger partial charge in [0.25, 0.3) is 0 Å². The summed E-state index contributed by atoms with van der Waals surface area (Å²) in [5, 5.41) is 3.60. The first-order valence-electron chi connectivity index (χ1n) is 4.21. The fourth-order valence-corrected chi connectivity index (χ4v) is 1.16. The van der Waals surface area contributed by atoms with Gasteiger partial charge in [-0.25, -0.2) is 0 Å². The second kappa shape index (κ2) is 5.19. The molecule has 0 unspecified atom stereocenters. The van der Waals surface area contributed by atoms with Crippen LogP contribution >= 0.6 is 0 Å². The van der Waals surface area contributed by atoms with Crippen molar-refractivity contribution in [3.8, 4) is 0 Å². The van der Waals surface area contributed by atoms with Crippen molar-refractivity contribution in [1.82, 2.24) is 0 Å².